The number of hydrogen-bond acceptors (Lipinski definition) is 2. The number of anilines is 1. The van der Waals surface area contributed by atoms with E-state index in [0.29, 0.717) is 0 Å². The average Bonchev–Trinajstić information content (AvgIpc) is 2.65. The Morgan fingerprint density at radius 3 is 2.20 bits per heavy atom. The summed E-state index contributed by atoms with van der Waals surface area (Å²) in [6.45, 7) is 6.09. The highest BCUT2D eigenvalue weighted by atomic mass is 16.5. The van der Waals surface area contributed by atoms with E-state index in [4.69, 9.17) is 4.74 Å². The Hall–Kier alpha value is -2.74. The van der Waals surface area contributed by atoms with Crippen LogP contribution in [-0.4, -0.2) is 7.11 Å². The second-order valence-electron chi connectivity index (χ2n) is 6.47. The summed E-state index contributed by atoms with van der Waals surface area (Å²) in [6.07, 6.45) is 0. The summed E-state index contributed by atoms with van der Waals surface area (Å²) in [5, 5.41) is 0. The molecule has 0 amide bonds. The lowest BCUT2D eigenvalue weighted by atomic mass is 10.0. The summed E-state index contributed by atoms with van der Waals surface area (Å²) in [7, 11) is 1.70. The van der Waals surface area contributed by atoms with Gasteiger partial charge in [-0.3, -0.25) is 0 Å². The predicted molar refractivity (Wildman–Crippen MR) is 105 cm³/mol. The normalized spacial score (nSPS) is 10.5. The average molecular weight is 331 g/mol. The summed E-state index contributed by atoms with van der Waals surface area (Å²) in [5.41, 5.74) is 6.51. The van der Waals surface area contributed by atoms with Gasteiger partial charge in [-0.1, -0.05) is 54.1 Å². The smallest absolute Gasteiger partial charge is 0.119 e. The van der Waals surface area contributed by atoms with E-state index >= 15 is 0 Å². The van der Waals surface area contributed by atoms with Crippen LogP contribution < -0.4 is 9.64 Å². The van der Waals surface area contributed by atoms with Gasteiger partial charge in [0.2, 0.25) is 0 Å². The van der Waals surface area contributed by atoms with Crippen LogP contribution in [0.5, 0.6) is 5.75 Å². The topological polar surface area (TPSA) is 12.5 Å². The highest BCUT2D eigenvalue weighted by Crippen LogP contribution is 2.24. The zero-order valence-electron chi connectivity index (χ0n) is 15.2. The predicted octanol–water partition coefficient (Wildman–Crippen LogP) is 5.52. The number of rotatable bonds is 6. The van der Waals surface area contributed by atoms with Gasteiger partial charge < -0.3 is 9.64 Å². The van der Waals surface area contributed by atoms with Gasteiger partial charge in [-0.05, 0) is 54.8 Å². The summed E-state index contributed by atoms with van der Waals surface area (Å²) < 4.78 is 5.30. The van der Waals surface area contributed by atoms with Crippen molar-refractivity contribution in [3.8, 4) is 5.75 Å². The van der Waals surface area contributed by atoms with Crippen molar-refractivity contribution in [3.05, 3.63) is 95.1 Å². The van der Waals surface area contributed by atoms with Crippen molar-refractivity contribution in [3.63, 3.8) is 0 Å². The fourth-order valence-corrected chi connectivity index (χ4v) is 3.01. The Morgan fingerprint density at radius 2 is 1.52 bits per heavy atom. The van der Waals surface area contributed by atoms with E-state index in [2.05, 4.69) is 79.4 Å². The van der Waals surface area contributed by atoms with Gasteiger partial charge in [0.05, 0.1) is 7.11 Å². The highest BCUT2D eigenvalue weighted by Gasteiger charge is 2.11. The first kappa shape index (κ1) is 17.1. The summed E-state index contributed by atoms with van der Waals surface area (Å²) >= 11 is 0. The molecule has 0 spiro atoms. The SMILES string of the molecule is COc1ccc(N(Cc2ccccc2)Cc2cc(C)ccc2C)cc1. The summed E-state index contributed by atoms with van der Waals surface area (Å²) in [6, 6.07) is 25.6. The summed E-state index contributed by atoms with van der Waals surface area (Å²) in [5.74, 6) is 0.884. The second-order valence-corrected chi connectivity index (χ2v) is 6.47. The quantitative estimate of drug-likeness (QED) is 0.590. The van der Waals surface area contributed by atoms with Crippen LogP contribution in [0.25, 0.3) is 0 Å². The molecule has 3 aromatic carbocycles. The van der Waals surface area contributed by atoms with Gasteiger partial charge in [0.15, 0.2) is 0 Å². The first-order valence-electron chi connectivity index (χ1n) is 8.65. The van der Waals surface area contributed by atoms with Crippen molar-refractivity contribution in [2.24, 2.45) is 0 Å². The maximum absolute atomic E-state index is 5.30. The minimum Gasteiger partial charge on any atom is -0.497 e. The van der Waals surface area contributed by atoms with Gasteiger partial charge in [0.25, 0.3) is 0 Å². The Kier molecular flexibility index (Phi) is 5.39. The van der Waals surface area contributed by atoms with E-state index in [9.17, 15) is 0 Å². The molecular weight excluding hydrogens is 306 g/mol. The highest BCUT2D eigenvalue weighted by molar-refractivity contribution is 5.50. The molecule has 0 aliphatic heterocycles. The molecule has 3 aromatic rings. The number of hydrogen-bond donors (Lipinski definition) is 0. The first-order chi connectivity index (χ1) is 12.2. The number of benzene rings is 3. The fourth-order valence-electron chi connectivity index (χ4n) is 3.01. The number of ether oxygens (including phenoxy) is 1. The molecule has 0 saturated heterocycles. The third-order valence-electron chi connectivity index (χ3n) is 4.52. The van der Waals surface area contributed by atoms with E-state index in [1.54, 1.807) is 7.11 Å². The minimum atomic E-state index is 0.876. The van der Waals surface area contributed by atoms with E-state index < -0.39 is 0 Å². The molecular formula is C23H25NO. The summed E-state index contributed by atoms with van der Waals surface area (Å²) in [4.78, 5) is 2.41. The van der Waals surface area contributed by atoms with Crippen molar-refractivity contribution >= 4 is 5.69 Å². The van der Waals surface area contributed by atoms with Gasteiger partial charge in [0.1, 0.15) is 5.75 Å². The molecule has 0 unspecified atom stereocenters. The van der Waals surface area contributed by atoms with E-state index in [-0.39, 0.29) is 0 Å². The van der Waals surface area contributed by atoms with E-state index in [1.165, 1.54) is 27.9 Å². The van der Waals surface area contributed by atoms with Crippen LogP contribution >= 0.6 is 0 Å². The van der Waals surface area contributed by atoms with Gasteiger partial charge in [-0.2, -0.15) is 0 Å². The van der Waals surface area contributed by atoms with Crippen molar-refractivity contribution in [2.75, 3.05) is 12.0 Å². The molecule has 25 heavy (non-hydrogen) atoms. The Labute approximate surface area is 150 Å². The van der Waals surface area contributed by atoms with Crippen LogP contribution in [0.15, 0.2) is 72.8 Å². The zero-order valence-corrected chi connectivity index (χ0v) is 15.2. The Bertz CT molecular complexity index is 809. The first-order valence-corrected chi connectivity index (χ1v) is 8.65. The number of nitrogens with zero attached hydrogens (tertiary/aromatic N) is 1. The molecule has 0 aliphatic rings. The van der Waals surface area contributed by atoms with Gasteiger partial charge in [-0.25, -0.2) is 0 Å². The third-order valence-corrected chi connectivity index (χ3v) is 4.52. The second kappa shape index (κ2) is 7.89. The van der Waals surface area contributed by atoms with Crippen LogP contribution in [-0.2, 0) is 13.1 Å². The fraction of sp³-hybridized carbons (Fsp3) is 0.217. The largest absolute Gasteiger partial charge is 0.497 e. The van der Waals surface area contributed by atoms with Crippen molar-refractivity contribution in [2.45, 2.75) is 26.9 Å². The molecule has 3 rings (SSSR count). The lowest BCUT2D eigenvalue weighted by Gasteiger charge is -2.26. The van der Waals surface area contributed by atoms with Crippen molar-refractivity contribution < 1.29 is 4.74 Å². The molecule has 0 bridgehead atoms. The van der Waals surface area contributed by atoms with Crippen LogP contribution in [0.4, 0.5) is 5.69 Å². The molecule has 0 heterocycles. The molecule has 0 aromatic heterocycles. The van der Waals surface area contributed by atoms with Crippen LogP contribution in [0.2, 0.25) is 0 Å². The van der Waals surface area contributed by atoms with E-state index in [0.717, 1.165) is 18.8 Å². The van der Waals surface area contributed by atoms with Crippen LogP contribution in [0, 0.1) is 13.8 Å². The van der Waals surface area contributed by atoms with Crippen LogP contribution in [0.3, 0.4) is 0 Å². The monoisotopic (exact) mass is 331 g/mol. The standard InChI is InChI=1S/C23H25NO/c1-18-9-10-19(2)21(15-18)17-24(16-20-7-5-4-6-8-20)22-11-13-23(25-3)14-12-22/h4-15H,16-17H2,1-3H3. The molecule has 128 valence electrons. The molecule has 0 saturated carbocycles. The molecule has 0 N–H and O–H groups in total. The lowest BCUT2D eigenvalue weighted by molar-refractivity contribution is 0.415. The Morgan fingerprint density at radius 1 is 0.800 bits per heavy atom. The van der Waals surface area contributed by atoms with Gasteiger partial charge in [-0.15, -0.1) is 0 Å². The maximum atomic E-state index is 5.30. The molecule has 0 atom stereocenters. The molecule has 0 radical (unpaired) electrons. The Balaban J connectivity index is 1.91. The molecule has 2 nitrogen and oxygen atoms in total. The third kappa shape index (κ3) is 4.42. The molecule has 0 fully saturated rings. The lowest BCUT2D eigenvalue weighted by Crippen LogP contribution is -2.22. The van der Waals surface area contributed by atoms with Gasteiger partial charge >= 0.3 is 0 Å². The van der Waals surface area contributed by atoms with Gasteiger partial charge in [0, 0.05) is 18.8 Å². The number of aryl methyl sites for hydroxylation is 2. The zero-order chi connectivity index (χ0) is 17.6. The van der Waals surface area contributed by atoms with Crippen LogP contribution in [0.1, 0.15) is 22.3 Å². The minimum absolute atomic E-state index is 0.876. The number of methoxy groups -OCH3 is 1. The van der Waals surface area contributed by atoms with Crippen molar-refractivity contribution in [1.82, 2.24) is 0 Å². The van der Waals surface area contributed by atoms with Crippen molar-refractivity contribution in [1.29, 1.82) is 0 Å². The maximum Gasteiger partial charge on any atom is 0.119 e. The van der Waals surface area contributed by atoms with E-state index in [1.807, 2.05) is 12.1 Å². The molecule has 0 aliphatic carbocycles. The molecule has 2 heteroatoms.